The van der Waals surface area contributed by atoms with Gasteiger partial charge in [0.25, 0.3) is 0 Å². The lowest BCUT2D eigenvalue weighted by molar-refractivity contribution is 0.192. The zero-order valence-corrected chi connectivity index (χ0v) is 12.2. The molecule has 2 nitrogen and oxygen atoms in total. The predicted octanol–water partition coefficient (Wildman–Crippen LogP) is 5.05. The molecular formula is C18H15ClO2. The molecule has 0 bridgehead atoms. The fourth-order valence-corrected chi connectivity index (χ4v) is 2.91. The maximum absolute atomic E-state index is 10.6. The summed E-state index contributed by atoms with van der Waals surface area (Å²) in [6.07, 6.45) is 1.76. The van der Waals surface area contributed by atoms with Crippen LogP contribution < -0.4 is 0 Å². The third-order valence-electron chi connectivity index (χ3n) is 4.04. The average molecular weight is 299 g/mol. The van der Waals surface area contributed by atoms with E-state index < -0.39 is 6.10 Å². The third kappa shape index (κ3) is 2.45. The molecule has 1 aliphatic carbocycles. The molecular weight excluding hydrogens is 284 g/mol. The topological polar surface area (TPSA) is 33.4 Å². The Kier molecular flexibility index (Phi) is 3.02. The van der Waals surface area contributed by atoms with Crippen LogP contribution in [0, 0.1) is 0 Å². The Hall–Kier alpha value is -1.77. The van der Waals surface area contributed by atoms with E-state index in [2.05, 4.69) is 12.1 Å². The van der Waals surface area contributed by atoms with Gasteiger partial charge in [0.15, 0.2) is 0 Å². The summed E-state index contributed by atoms with van der Waals surface area (Å²) >= 11 is 5.98. The Bertz CT molecular complexity index is 802. The largest absolute Gasteiger partial charge is 0.458 e. The van der Waals surface area contributed by atoms with E-state index in [-0.39, 0.29) is 0 Å². The molecule has 1 atom stereocenters. The number of benzene rings is 2. The summed E-state index contributed by atoms with van der Waals surface area (Å²) in [5.41, 5.74) is 2.93. The van der Waals surface area contributed by atoms with E-state index in [4.69, 9.17) is 16.0 Å². The number of halogens is 1. The second-order valence-electron chi connectivity index (χ2n) is 5.68. The number of hydrogen-bond donors (Lipinski definition) is 1. The molecule has 2 aromatic carbocycles. The van der Waals surface area contributed by atoms with Crippen molar-refractivity contribution in [3.8, 4) is 0 Å². The zero-order valence-electron chi connectivity index (χ0n) is 11.4. The van der Waals surface area contributed by atoms with Crippen LogP contribution in [-0.4, -0.2) is 5.11 Å². The molecule has 3 heteroatoms. The molecule has 0 amide bonds. The molecule has 1 aliphatic rings. The van der Waals surface area contributed by atoms with Crippen molar-refractivity contribution in [1.29, 1.82) is 0 Å². The maximum Gasteiger partial charge on any atom is 0.138 e. The van der Waals surface area contributed by atoms with Crippen LogP contribution in [0.2, 0.25) is 5.02 Å². The van der Waals surface area contributed by atoms with Gasteiger partial charge in [0.05, 0.1) is 0 Å². The standard InChI is InChI=1S/C18H15ClO2/c19-15-6-7-16-14(9-15)10-17(21-16)18(20)13-3-1-2-12(8-13)11-4-5-11/h1-3,6-11,18,20H,4-5H2. The van der Waals surface area contributed by atoms with Crippen molar-refractivity contribution in [3.05, 3.63) is 70.4 Å². The van der Waals surface area contributed by atoms with Gasteiger partial charge in [-0.15, -0.1) is 0 Å². The van der Waals surface area contributed by atoms with Gasteiger partial charge in [-0.2, -0.15) is 0 Å². The van der Waals surface area contributed by atoms with Gasteiger partial charge in [0, 0.05) is 10.4 Å². The van der Waals surface area contributed by atoms with Crippen LogP contribution in [0.1, 0.15) is 41.8 Å². The van der Waals surface area contributed by atoms with Crippen molar-refractivity contribution in [1.82, 2.24) is 0 Å². The minimum absolute atomic E-state index is 0.556. The van der Waals surface area contributed by atoms with Gasteiger partial charge in [-0.1, -0.05) is 35.9 Å². The molecule has 0 saturated heterocycles. The number of fused-ring (bicyclic) bond motifs is 1. The van der Waals surface area contributed by atoms with Crippen LogP contribution in [-0.2, 0) is 0 Å². The van der Waals surface area contributed by atoms with Gasteiger partial charge in [0.1, 0.15) is 17.4 Å². The Balaban J connectivity index is 1.71. The van der Waals surface area contributed by atoms with Gasteiger partial charge in [-0.05, 0) is 54.2 Å². The fraction of sp³-hybridized carbons (Fsp3) is 0.222. The number of furan rings is 1. The van der Waals surface area contributed by atoms with Crippen LogP contribution in [0.25, 0.3) is 11.0 Å². The van der Waals surface area contributed by atoms with Crippen LogP contribution in [0.3, 0.4) is 0 Å². The van der Waals surface area contributed by atoms with Crippen LogP contribution in [0.4, 0.5) is 0 Å². The quantitative estimate of drug-likeness (QED) is 0.734. The summed E-state index contributed by atoms with van der Waals surface area (Å²) in [5.74, 6) is 1.23. The van der Waals surface area contributed by atoms with Crippen LogP contribution in [0.5, 0.6) is 0 Å². The Morgan fingerprint density at radius 2 is 1.95 bits per heavy atom. The van der Waals surface area contributed by atoms with Crippen LogP contribution >= 0.6 is 11.6 Å². The summed E-state index contributed by atoms with van der Waals surface area (Å²) in [7, 11) is 0. The van der Waals surface area contributed by atoms with E-state index >= 15 is 0 Å². The van der Waals surface area contributed by atoms with Crippen molar-refractivity contribution >= 4 is 22.6 Å². The molecule has 106 valence electrons. The van der Waals surface area contributed by atoms with E-state index in [0.29, 0.717) is 16.7 Å². The SMILES string of the molecule is OC(c1cccc(C2CC2)c1)c1cc2cc(Cl)ccc2o1. The summed E-state index contributed by atoms with van der Waals surface area (Å²) < 4.78 is 5.75. The third-order valence-corrected chi connectivity index (χ3v) is 4.28. The van der Waals surface area contributed by atoms with E-state index in [9.17, 15) is 5.11 Å². The molecule has 1 unspecified atom stereocenters. The minimum atomic E-state index is -0.741. The molecule has 0 spiro atoms. The molecule has 0 radical (unpaired) electrons. The zero-order chi connectivity index (χ0) is 14.4. The number of hydrogen-bond acceptors (Lipinski definition) is 2. The first-order valence-corrected chi connectivity index (χ1v) is 7.55. The van der Waals surface area contributed by atoms with Gasteiger partial charge in [0.2, 0.25) is 0 Å². The van der Waals surface area contributed by atoms with Crippen molar-refractivity contribution in [2.45, 2.75) is 24.9 Å². The molecule has 3 aromatic rings. The molecule has 0 aliphatic heterocycles. The minimum Gasteiger partial charge on any atom is -0.458 e. The monoisotopic (exact) mass is 298 g/mol. The van der Waals surface area contributed by atoms with Crippen molar-refractivity contribution in [3.63, 3.8) is 0 Å². The van der Waals surface area contributed by atoms with Gasteiger partial charge < -0.3 is 9.52 Å². The van der Waals surface area contributed by atoms with Gasteiger partial charge >= 0.3 is 0 Å². The van der Waals surface area contributed by atoms with E-state index in [1.54, 1.807) is 6.07 Å². The van der Waals surface area contributed by atoms with Gasteiger partial charge in [-0.3, -0.25) is 0 Å². The normalized spacial score (nSPS) is 16.3. The summed E-state index contributed by atoms with van der Waals surface area (Å²) in [5, 5.41) is 12.1. The Morgan fingerprint density at radius 3 is 2.76 bits per heavy atom. The highest BCUT2D eigenvalue weighted by Gasteiger charge is 2.24. The van der Waals surface area contributed by atoms with Crippen molar-refractivity contribution in [2.75, 3.05) is 0 Å². The Morgan fingerprint density at radius 1 is 1.10 bits per heavy atom. The summed E-state index contributed by atoms with van der Waals surface area (Å²) in [6, 6.07) is 15.5. The summed E-state index contributed by atoms with van der Waals surface area (Å²) in [4.78, 5) is 0. The van der Waals surface area contributed by atoms with Crippen LogP contribution in [0.15, 0.2) is 52.9 Å². The number of aliphatic hydroxyl groups excluding tert-OH is 1. The van der Waals surface area contributed by atoms with E-state index in [1.165, 1.54) is 18.4 Å². The second-order valence-corrected chi connectivity index (χ2v) is 6.11. The number of rotatable bonds is 3. The fourth-order valence-electron chi connectivity index (χ4n) is 2.73. The molecule has 1 N–H and O–H groups in total. The first kappa shape index (κ1) is 12.9. The summed E-state index contributed by atoms with van der Waals surface area (Å²) in [6.45, 7) is 0. The van der Waals surface area contributed by atoms with E-state index in [0.717, 1.165) is 16.5 Å². The Labute approximate surface area is 128 Å². The second kappa shape index (κ2) is 4.90. The van der Waals surface area contributed by atoms with Crippen molar-refractivity contribution < 1.29 is 9.52 Å². The van der Waals surface area contributed by atoms with Crippen molar-refractivity contribution in [2.24, 2.45) is 0 Å². The highest BCUT2D eigenvalue weighted by Crippen LogP contribution is 2.41. The predicted molar refractivity (Wildman–Crippen MR) is 83.7 cm³/mol. The smallest absolute Gasteiger partial charge is 0.138 e. The molecule has 1 aromatic heterocycles. The molecule has 4 rings (SSSR count). The number of aliphatic hydroxyl groups is 1. The lowest BCUT2D eigenvalue weighted by atomic mass is 10.0. The lowest BCUT2D eigenvalue weighted by Crippen LogP contribution is -1.98. The van der Waals surface area contributed by atoms with E-state index in [1.807, 2.05) is 30.3 Å². The first-order chi connectivity index (χ1) is 10.2. The maximum atomic E-state index is 10.6. The molecule has 21 heavy (non-hydrogen) atoms. The molecule has 1 saturated carbocycles. The molecule has 1 heterocycles. The lowest BCUT2D eigenvalue weighted by Gasteiger charge is -2.09. The first-order valence-electron chi connectivity index (χ1n) is 7.17. The average Bonchev–Trinajstić information content (AvgIpc) is 3.26. The highest BCUT2D eigenvalue weighted by atomic mass is 35.5. The van der Waals surface area contributed by atoms with Gasteiger partial charge in [-0.25, -0.2) is 0 Å². The molecule has 1 fully saturated rings. The highest BCUT2D eigenvalue weighted by molar-refractivity contribution is 6.31.